The van der Waals surface area contributed by atoms with E-state index in [-0.39, 0.29) is 0 Å². The van der Waals surface area contributed by atoms with E-state index in [1.807, 2.05) is 25.4 Å². The van der Waals surface area contributed by atoms with Crippen LogP contribution in [-0.4, -0.2) is 18.5 Å². The van der Waals surface area contributed by atoms with Crippen molar-refractivity contribution in [1.82, 2.24) is 4.90 Å². The molecule has 1 rings (SSSR count). The van der Waals surface area contributed by atoms with Gasteiger partial charge in [0.05, 0.1) is 0 Å². The summed E-state index contributed by atoms with van der Waals surface area (Å²) in [4.78, 5) is 3.03. The molecule has 0 spiro atoms. The van der Waals surface area contributed by atoms with Crippen molar-refractivity contribution < 1.29 is 0 Å². The summed E-state index contributed by atoms with van der Waals surface area (Å²) in [6, 6.07) is 0. The number of likely N-dealkylation sites (N-methyl/N-ethyl adjacent to an activating group) is 1. The van der Waals surface area contributed by atoms with Gasteiger partial charge in [0, 0.05) is 24.7 Å². The highest BCUT2D eigenvalue weighted by Crippen LogP contribution is 2.07. The monoisotopic (exact) mass is 126 g/mol. The van der Waals surface area contributed by atoms with Gasteiger partial charge in [0.25, 0.3) is 0 Å². The van der Waals surface area contributed by atoms with E-state index in [1.54, 1.807) is 0 Å². The molecule has 0 atom stereocenters. The Labute approximate surface area is 55.1 Å². The maximum absolute atomic E-state index is 4.89. The quantitative estimate of drug-likeness (QED) is 0.475. The first-order valence-electron chi connectivity index (χ1n) is 2.54. The largest absolute Gasteiger partial charge is 0.377 e. The van der Waals surface area contributed by atoms with E-state index in [2.05, 4.69) is 4.90 Å². The summed E-state index contributed by atoms with van der Waals surface area (Å²) in [6.07, 6.45) is 5.94. The van der Waals surface area contributed by atoms with Crippen molar-refractivity contribution in [3.63, 3.8) is 0 Å². The fourth-order valence-electron chi connectivity index (χ4n) is 0.564. The smallest absolute Gasteiger partial charge is 0.0369 e. The molecule has 0 saturated carbocycles. The first-order chi connectivity index (χ1) is 3.79. The number of allylic oxidation sites excluding steroid dienone is 1. The molecular weight excluding hydrogens is 118 g/mol. The number of hydrogen-bond donors (Lipinski definition) is 0. The second-order valence-electron chi connectivity index (χ2n) is 1.86. The van der Waals surface area contributed by atoms with Gasteiger partial charge in [-0.2, -0.15) is 0 Å². The molecule has 0 aromatic carbocycles. The van der Waals surface area contributed by atoms with Crippen LogP contribution in [0, 0.1) is 0 Å². The normalized spacial score (nSPS) is 18.6. The van der Waals surface area contributed by atoms with E-state index in [4.69, 9.17) is 12.6 Å². The Kier molecular flexibility index (Phi) is 1.53. The predicted molar refractivity (Wildman–Crippen MR) is 37.4 cm³/mol. The van der Waals surface area contributed by atoms with E-state index in [0.717, 1.165) is 11.4 Å². The molecule has 0 aliphatic carbocycles. The molecular formula is C6H8NS. The molecule has 0 bridgehead atoms. The summed E-state index contributed by atoms with van der Waals surface area (Å²) in [6.45, 7) is 0.954. The summed E-state index contributed by atoms with van der Waals surface area (Å²) in [5, 5.41) is 0. The van der Waals surface area contributed by atoms with Gasteiger partial charge >= 0.3 is 0 Å². The van der Waals surface area contributed by atoms with Crippen molar-refractivity contribution in [3.05, 3.63) is 23.3 Å². The van der Waals surface area contributed by atoms with Crippen LogP contribution in [0.25, 0.3) is 0 Å². The van der Waals surface area contributed by atoms with Crippen molar-refractivity contribution in [2.24, 2.45) is 0 Å². The Bertz CT molecular complexity index is 137. The average Bonchev–Trinajstić information content (AvgIpc) is 1.77. The topological polar surface area (TPSA) is 3.24 Å². The Morgan fingerprint density at radius 2 is 2.50 bits per heavy atom. The summed E-state index contributed by atoms with van der Waals surface area (Å²) in [7, 11) is 2.02. The first-order valence-corrected chi connectivity index (χ1v) is 2.95. The molecule has 0 fully saturated rings. The second-order valence-corrected chi connectivity index (χ2v) is 2.33. The highest BCUT2D eigenvalue weighted by Gasteiger charge is 1.94. The summed E-state index contributed by atoms with van der Waals surface area (Å²) in [5.74, 6) is 0. The molecule has 0 N–H and O–H groups in total. The van der Waals surface area contributed by atoms with Gasteiger partial charge in [-0.3, -0.25) is 0 Å². The highest BCUT2D eigenvalue weighted by atomic mass is 32.1. The minimum absolute atomic E-state index is 0.947. The second kappa shape index (κ2) is 2.18. The van der Waals surface area contributed by atoms with Crippen LogP contribution in [0.3, 0.4) is 0 Å². The van der Waals surface area contributed by atoms with Crippen LogP contribution < -0.4 is 0 Å². The van der Waals surface area contributed by atoms with Crippen molar-refractivity contribution >= 4 is 12.6 Å². The van der Waals surface area contributed by atoms with Gasteiger partial charge in [-0.1, -0.05) is 12.6 Å². The summed E-state index contributed by atoms with van der Waals surface area (Å²) >= 11 is 4.89. The standard InChI is InChI=1S/C6H8NS/c1-7-4-2-6(8)3-5-7/h2-4H,5H2,1H3. The van der Waals surface area contributed by atoms with Crippen molar-refractivity contribution in [1.29, 1.82) is 0 Å². The van der Waals surface area contributed by atoms with Gasteiger partial charge in [-0.25, -0.2) is 0 Å². The lowest BCUT2D eigenvalue weighted by Gasteiger charge is -2.13. The van der Waals surface area contributed by atoms with Gasteiger partial charge in [0.2, 0.25) is 0 Å². The zero-order valence-corrected chi connectivity index (χ0v) is 5.61. The summed E-state index contributed by atoms with van der Waals surface area (Å²) < 4.78 is 0. The van der Waals surface area contributed by atoms with Crippen LogP contribution in [-0.2, 0) is 0 Å². The van der Waals surface area contributed by atoms with Gasteiger partial charge in [0.15, 0.2) is 0 Å². The Morgan fingerprint density at radius 1 is 1.75 bits per heavy atom. The zero-order valence-electron chi connectivity index (χ0n) is 4.79. The third-order valence-electron chi connectivity index (χ3n) is 1.07. The van der Waals surface area contributed by atoms with Crippen LogP contribution in [0.1, 0.15) is 0 Å². The molecule has 8 heavy (non-hydrogen) atoms. The fourth-order valence-corrected chi connectivity index (χ4v) is 0.699. The molecule has 1 heterocycles. The molecule has 0 unspecified atom stereocenters. The maximum atomic E-state index is 4.89. The highest BCUT2D eigenvalue weighted by molar-refractivity contribution is 7.84. The lowest BCUT2D eigenvalue weighted by molar-refractivity contribution is 0.504. The minimum Gasteiger partial charge on any atom is -0.377 e. The molecule has 0 aromatic rings. The van der Waals surface area contributed by atoms with E-state index in [9.17, 15) is 0 Å². The minimum atomic E-state index is 0.947. The molecule has 0 amide bonds. The van der Waals surface area contributed by atoms with Gasteiger partial charge < -0.3 is 4.90 Å². The van der Waals surface area contributed by atoms with E-state index in [0.29, 0.717) is 0 Å². The first kappa shape index (κ1) is 5.63. The van der Waals surface area contributed by atoms with Crippen molar-refractivity contribution in [2.45, 2.75) is 0 Å². The fraction of sp³-hybridized carbons (Fsp3) is 0.333. The van der Waals surface area contributed by atoms with Crippen molar-refractivity contribution in [3.8, 4) is 0 Å². The van der Waals surface area contributed by atoms with E-state index in [1.165, 1.54) is 0 Å². The molecule has 1 aliphatic heterocycles. The van der Waals surface area contributed by atoms with Crippen LogP contribution in [0.5, 0.6) is 0 Å². The van der Waals surface area contributed by atoms with E-state index < -0.39 is 0 Å². The zero-order chi connectivity index (χ0) is 5.98. The Hall–Kier alpha value is -0.500. The average molecular weight is 126 g/mol. The third-order valence-corrected chi connectivity index (χ3v) is 1.38. The number of hydrogen-bond acceptors (Lipinski definition) is 1. The molecule has 1 nitrogen and oxygen atoms in total. The van der Waals surface area contributed by atoms with Crippen LogP contribution >= 0.6 is 12.6 Å². The molecule has 1 radical (unpaired) electrons. The number of rotatable bonds is 0. The van der Waals surface area contributed by atoms with Gasteiger partial charge in [0.1, 0.15) is 0 Å². The molecule has 1 aliphatic rings. The van der Waals surface area contributed by atoms with Crippen molar-refractivity contribution in [2.75, 3.05) is 13.6 Å². The Morgan fingerprint density at radius 3 is 2.88 bits per heavy atom. The lowest BCUT2D eigenvalue weighted by atomic mass is 10.4. The van der Waals surface area contributed by atoms with Gasteiger partial charge in [-0.05, 0) is 12.2 Å². The predicted octanol–water partition coefficient (Wildman–Crippen LogP) is 1.53. The van der Waals surface area contributed by atoms with Crippen LogP contribution in [0.2, 0.25) is 0 Å². The lowest BCUT2D eigenvalue weighted by Crippen LogP contribution is -2.12. The number of nitrogens with zero attached hydrogens (tertiary/aromatic N) is 1. The molecule has 2 heteroatoms. The van der Waals surface area contributed by atoms with Gasteiger partial charge in [-0.15, -0.1) is 0 Å². The van der Waals surface area contributed by atoms with Crippen LogP contribution in [0.4, 0.5) is 0 Å². The SMILES string of the molecule is CN1C=CC([S])=CC1. The van der Waals surface area contributed by atoms with E-state index >= 15 is 0 Å². The molecule has 43 valence electrons. The molecule has 0 aromatic heterocycles. The maximum Gasteiger partial charge on any atom is 0.0369 e. The third kappa shape index (κ3) is 1.23. The Balaban J connectivity index is 2.58. The molecule has 0 saturated heterocycles. The van der Waals surface area contributed by atoms with Crippen LogP contribution in [0.15, 0.2) is 23.3 Å². The summed E-state index contributed by atoms with van der Waals surface area (Å²) in [5.41, 5.74) is 0.